The Morgan fingerprint density at radius 3 is 2.64 bits per heavy atom. The highest BCUT2D eigenvalue weighted by atomic mass is 32.2. The van der Waals surface area contributed by atoms with Gasteiger partial charge in [-0.2, -0.15) is 5.26 Å². The number of carbonyl (C=O) groups excluding carboxylic acids is 1. The number of nitriles is 1. The van der Waals surface area contributed by atoms with Gasteiger partial charge in [0.05, 0.1) is 5.08 Å². The molecule has 4 heteroatoms. The normalized spacial score (nSPS) is 9.43. The maximum atomic E-state index is 11.5. The Morgan fingerprint density at radius 2 is 2.07 bits per heavy atom. The van der Waals surface area contributed by atoms with Crippen molar-refractivity contribution in [3.8, 4) is 5.40 Å². The molecule has 2 nitrogen and oxygen atoms in total. The Kier molecular flexibility index (Phi) is 4.57. The number of benzene rings is 1. The minimum atomic E-state index is 0.0211. The van der Waals surface area contributed by atoms with Gasteiger partial charge in [-0.25, -0.2) is 0 Å². The van der Waals surface area contributed by atoms with Gasteiger partial charge in [0.2, 0.25) is 5.12 Å². The van der Waals surface area contributed by atoms with E-state index in [4.69, 9.17) is 5.26 Å². The van der Waals surface area contributed by atoms with Crippen LogP contribution in [0.25, 0.3) is 0 Å². The van der Waals surface area contributed by atoms with Crippen LogP contribution < -0.4 is 0 Å². The molecule has 0 heterocycles. The van der Waals surface area contributed by atoms with Crippen molar-refractivity contribution < 1.29 is 4.79 Å². The van der Waals surface area contributed by atoms with Crippen molar-refractivity contribution in [2.45, 2.75) is 6.92 Å². The van der Waals surface area contributed by atoms with Gasteiger partial charge < -0.3 is 0 Å². The van der Waals surface area contributed by atoms with Gasteiger partial charge in [0.25, 0.3) is 0 Å². The zero-order valence-corrected chi connectivity index (χ0v) is 9.32. The third-order valence-corrected chi connectivity index (χ3v) is 3.17. The topological polar surface area (TPSA) is 40.9 Å². The summed E-state index contributed by atoms with van der Waals surface area (Å²) in [7, 11) is 0. The Bertz CT molecular complexity index is 353. The first kappa shape index (κ1) is 11.2. The lowest BCUT2D eigenvalue weighted by Gasteiger charge is -1.98. The number of aryl methyl sites for hydroxylation is 1. The van der Waals surface area contributed by atoms with Crippen molar-refractivity contribution in [3.05, 3.63) is 35.4 Å². The summed E-state index contributed by atoms with van der Waals surface area (Å²) in [5, 5.41) is 10.7. The highest BCUT2D eigenvalue weighted by molar-refractivity contribution is 8.25. The molecule has 72 valence electrons. The molecule has 1 aromatic carbocycles. The fraction of sp³-hybridized carbons (Fsp3) is 0.200. The molecule has 0 saturated carbocycles. The number of hydrogen-bond acceptors (Lipinski definition) is 4. The molecule has 0 aliphatic rings. The number of thiocyanates is 1. The van der Waals surface area contributed by atoms with Crippen LogP contribution in [0.2, 0.25) is 0 Å². The second-order valence-electron chi connectivity index (χ2n) is 2.65. The highest BCUT2D eigenvalue weighted by Gasteiger charge is 2.05. The van der Waals surface area contributed by atoms with Crippen LogP contribution in [0.5, 0.6) is 0 Å². The van der Waals surface area contributed by atoms with Crippen LogP contribution in [0.15, 0.2) is 24.3 Å². The summed E-state index contributed by atoms with van der Waals surface area (Å²) in [4.78, 5) is 11.5. The van der Waals surface area contributed by atoms with Crippen LogP contribution in [-0.2, 0) is 0 Å². The van der Waals surface area contributed by atoms with Gasteiger partial charge in [-0.3, -0.25) is 4.79 Å². The van der Waals surface area contributed by atoms with Crippen molar-refractivity contribution in [2.75, 3.05) is 5.08 Å². The summed E-state index contributed by atoms with van der Waals surface area (Å²) in [6.45, 7) is 1.98. The monoisotopic (exact) mass is 223 g/mol. The van der Waals surface area contributed by atoms with E-state index in [1.165, 1.54) is 0 Å². The molecule has 0 aromatic heterocycles. The van der Waals surface area contributed by atoms with Crippen LogP contribution in [0.4, 0.5) is 0 Å². The zero-order valence-electron chi connectivity index (χ0n) is 7.69. The Morgan fingerprint density at radius 1 is 1.43 bits per heavy atom. The van der Waals surface area contributed by atoms with E-state index < -0.39 is 0 Å². The summed E-state index contributed by atoms with van der Waals surface area (Å²) in [6.07, 6.45) is 0. The Balaban J connectivity index is 2.53. The average molecular weight is 223 g/mol. The summed E-state index contributed by atoms with van der Waals surface area (Å²) < 4.78 is 0. The van der Waals surface area contributed by atoms with Gasteiger partial charge >= 0.3 is 0 Å². The predicted molar refractivity (Wildman–Crippen MR) is 61.2 cm³/mol. The number of nitrogens with zero attached hydrogens (tertiary/aromatic N) is 1. The van der Waals surface area contributed by atoms with Gasteiger partial charge in [-0.05, 0) is 18.7 Å². The van der Waals surface area contributed by atoms with E-state index in [0.29, 0.717) is 10.6 Å². The minimum Gasteiger partial charge on any atom is -0.282 e. The number of rotatable bonds is 3. The summed E-state index contributed by atoms with van der Waals surface area (Å²) in [5.74, 6) is 0. The largest absolute Gasteiger partial charge is 0.282 e. The van der Waals surface area contributed by atoms with Gasteiger partial charge in [0.15, 0.2) is 0 Å². The number of carbonyl (C=O) groups is 1. The smallest absolute Gasteiger partial charge is 0.220 e. The Labute approximate surface area is 91.7 Å². The number of hydrogen-bond donors (Lipinski definition) is 0. The molecule has 1 aromatic rings. The lowest BCUT2D eigenvalue weighted by atomic mass is 10.2. The SMILES string of the molecule is Cc1ccc(C(=O)SCSC#N)cc1. The third kappa shape index (κ3) is 3.44. The maximum Gasteiger partial charge on any atom is 0.220 e. The minimum absolute atomic E-state index is 0.0211. The first-order chi connectivity index (χ1) is 6.74. The van der Waals surface area contributed by atoms with Crippen molar-refractivity contribution in [1.82, 2.24) is 0 Å². The number of thioether (sulfide) groups is 2. The van der Waals surface area contributed by atoms with E-state index in [-0.39, 0.29) is 5.12 Å². The molecular formula is C10H9NOS2. The molecule has 0 fully saturated rings. The van der Waals surface area contributed by atoms with Gasteiger partial charge in [-0.1, -0.05) is 41.6 Å². The van der Waals surface area contributed by atoms with E-state index in [9.17, 15) is 4.79 Å². The standard InChI is InChI=1S/C10H9NOS2/c1-8-2-4-9(5-3-8)10(12)14-7-13-6-11/h2-5H,7H2,1H3. The van der Waals surface area contributed by atoms with E-state index in [1.807, 2.05) is 36.6 Å². The summed E-state index contributed by atoms with van der Waals surface area (Å²) in [5.41, 5.74) is 1.83. The van der Waals surface area contributed by atoms with E-state index in [0.717, 1.165) is 29.1 Å². The first-order valence-corrected chi connectivity index (χ1v) is 5.96. The fourth-order valence-corrected chi connectivity index (χ4v) is 2.06. The van der Waals surface area contributed by atoms with Crippen LogP contribution in [0, 0.1) is 17.6 Å². The van der Waals surface area contributed by atoms with Crippen LogP contribution in [0.3, 0.4) is 0 Å². The molecule has 0 saturated heterocycles. The van der Waals surface area contributed by atoms with Gasteiger partial charge in [0, 0.05) is 5.56 Å². The molecule has 0 aliphatic heterocycles. The van der Waals surface area contributed by atoms with E-state index in [1.54, 1.807) is 0 Å². The van der Waals surface area contributed by atoms with E-state index >= 15 is 0 Å². The van der Waals surface area contributed by atoms with Crippen molar-refractivity contribution in [2.24, 2.45) is 0 Å². The highest BCUT2D eigenvalue weighted by Crippen LogP contribution is 2.17. The summed E-state index contributed by atoms with van der Waals surface area (Å²) in [6, 6.07) is 7.43. The molecular weight excluding hydrogens is 214 g/mol. The van der Waals surface area contributed by atoms with Gasteiger partial charge in [0.1, 0.15) is 5.40 Å². The lowest BCUT2D eigenvalue weighted by Crippen LogP contribution is -1.93. The van der Waals surface area contributed by atoms with Crippen LogP contribution >= 0.6 is 23.5 Å². The Hall–Kier alpha value is -0.920. The molecule has 0 spiro atoms. The second kappa shape index (κ2) is 5.74. The third-order valence-electron chi connectivity index (χ3n) is 1.60. The molecule has 0 aliphatic carbocycles. The zero-order chi connectivity index (χ0) is 10.4. The van der Waals surface area contributed by atoms with Crippen molar-refractivity contribution in [3.63, 3.8) is 0 Å². The molecule has 0 bridgehead atoms. The van der Waals surface area contributed by atoms with Crippen molar-refractivity contribution in [1.29, 1.82) is 5.26 Å². The maximum absolute atomic E-state index is 11.5. The quantitative estimate of drug-likeness (QED) is 0.448. The fourth-order valence-electron chi connectivity index (χ4n) is 0.882. The van der Waals surface area contributed by atoms with Crippen molar-refractivity contribution >= 4 is 28.6 Å². The molecule has 0 amide bonds. The van der Waals surface area contributed by atoms with Gasteiger partial charge in [-0.15, -0.1) is 0 Å². The molecule has 0 radical (unpaired) electrons. The van der Waals surface area contributed by atoms with Crippen LogP contribution in [0.1, 0.15) is 15.9 Å². The van der Waals surface area contributed by atoms with Crippen LogP contribution in [-0.4, -0.2) is 10.2 Å². The molecule has 0 N–H and O–H groups in total. The first-order valence-electron chi connectivity index (χ1n) is 3.98. The molecule has 0 unspecified atom stereocenters. The molecule has 1 rings (SSSR count). The molecule has 14 heavy (non-hydrogen) atoms. The molecule has 0 atom stereocenters. The lowest BCUT2D eigenvalue weighted by molar-refractivity contribution is 0.108. The predicted octanol–water partition coefficient (Wildman–Crippen LogP) is 3.04. The summed E-state index contributed by atoms with van der Waals surface area (Å²) >= 11 is 2.24. The van der Waals surface area contributed by atoms with E-state index in [2.05, 4.69) is 0 Å². The second-order valence-corrected chi connectivity index (χ2v) is 4.72. The average Bonchev–Trinajstić information content (AvgIpc) is 2.19.